The van der Waals surface area contributed by atoms with Gasteiger partial charge < -0.3 is 9.64 Å². The molecule has 0 N–H and O–H groups in total. The van der Waals surface area contributed by atoms with Crippen molar-refractivity contribution in [3.05, 3.63) is 12.2 Å². The van der Waals surface area contributed by atoms with Gasteiger partial charge in [0, 0.05) is 6.54 Å². The van der Waals surface area contributed by atoms with Crippen molar-refractivity contribution in [1.82, 2.24) is 4.90 Å². The molecule has 0 saturated carbocycles. The topological polar surface area (TPSA) is 29.5 Å². The number of carbonyl (C=O) groups excluding carboxylic acids is 1. The lowest BCUT2D eigenvalue weighted by atomic mass is 10.4. The fourth-order valence-electron chi connectivity index (χ4n) is 0.417. The average molecular weight is 221 g/mol. The molecule has 0 bridgehead atoms. The second-order valence-corrected chi connectivity index (χ2v) is 2.80. The third kappa shape index (κ3) is 32.0. The predicted octanol–water partition coefficient (Wildman–Crippen LogP) is 2.28. The standard InChI is InChI=1S/C6H13NO2.C4H8.CH3F/c1-7(2)5-4-6(8)9-3;1-3-4-2;1-2/h4-5H2,1-3H3;3-4H,1-2H3;1H3/b;4-3-;. The molecular weight excluding hydrogens is 197 g/mol. The summed E-state index contributed by atoms with van der Waals surface area (Å²) in [5.74, 6) is -0.149. The minimum Gasteiger partial charge on any atom is -0.469 e. The Balaban J connectivity index is -0.000000202. The maximum Gasteiger partial charge on any atom is 0.306 e. The molecule has 0 aliphatic heterocycles. The number of hydrogen-bond acceptors (Lipinski definition) is 3. The van der Waals surface area contributed by atoms with E-state index >= 15 is 0 Å². The van der Waals surface area contributed by atoms with Crippen molar-refractivity contribution in [3.63, 3.8) is 0 Å². The molecule has 0 aromatic heterocycles. The maximum atomic E-state index is 10.5. The van der Waals surface area contributed by atoms with E-state index in [1.54, 1.807) is 0 Å². The van der Waals surface area contributed by atoms with Crippen LogP contribution in [0.4, 0.5) is 4.39 Å². The summed E-state index contributed by atoms with van der Waals surface area (Å²) in [6.07, 6.45) is 4.48. The molecule has 0 atom stereocenters. The van der Waals surface area contributed by atoms with Gasteiger partial charge in [0.15, 0.2) is 0 Å². The average Bonchev–Trinajstić information content (AvgIpc) is 2.28. The van der Waals surface area contributed by atoms with Crippen LogP contribution < -0.4 is 0 Å². The van der Waals surface area contributed by atoms with Crippen LogP contribution in [0.25, 0.3) is 0 Å². The third-order valence-corrected chi connectivity index (χ3v) is 1.32. The Hall–Kier alpha value is -0.900. The number of ether oxygens (including phenoxy) is 1. The van der Waals surface area contributed by atoms with Crippen molar-refractivity contribution in [2.75, 3.05) is 34.9 Å². The lowest BCUT2D eigenvalue weighted by Crippen LogP contribution is -2.17. The van der Waals surface area contributed by atoms with E-state index in [1.807, 2.05) is 45.0 Å². The van der Waals surface area contributed by atoms with Gasteiger partial charge in [-0.3, -0.25) is 9.18 Å². The van der Waals surface area contributed by atoms with Crippen LogP contribution in [-0.2, 0) is 9.53 Å². The molecule has 4 heteroatoms. The normalized spacial score (nSPS) is 8.80. The van der Waals surface area contributed by atoms with E-state index in [2.05, 4.69) is 4.74 Å². The Labute approximate surface area is 92.9 Å². The first-order valence-electron chi connectivity index (χ1n) is 4.75. The SMILES string of the molecule is C/C=C\C.CF.COC(=O)CCN(C)C. The molecule has 0 heterocycles. The second kappa shape index (κ2) is 18.8. The number of nitrogens with zero attached hydrogens (tertiary/aromatic N) is 1. The number of methoxy groups -OCH3 is 1. The Morgan fingerprint density at radius 1 is 1.27 bits per heavy atom. The van der Waals surface area contributed by atoms with E-state index in [0.717, 1.165) is 6.54 Å². The Kier molecular flexibility index (Phi) is 24.6. The van der Waals surface area contributed by atoms with Crippen LogP contribution in [0.15, 0.2) is 12.2 Å². The molecule has 0 spiro atoms. The van der Waals surface area contributed by atoms with Gasteiger partial charge >= 0.3 is 5.97 Å². The van der Waals surface area contributed by atoms with Gasteiger partial charge in [0.1, 0.15) is 0 Å². The molecule has 0 fully saturated rings. The summed E-state index contributed by atoms with van der Waals surface area (Å²) >= 11 is 0. The van der Waals surface area contributed by atoms with E-state index in [9.17, 15) is 9.18 Å². The molecule has 92 valence electrons. The van der Waals surface area contributed by atoms with E-state index < -0.39 is 0 Å². The lowest BCUT2D eigenvalue weighted by molar-refractivity contribution is -0.140. The third-order valence-electron chi connectivity index (χ3n) is 1.32. The highest BCUT2D eigenvalue weighted by atomic mass is 19.1. The summed E-state index contributed by atoms with van der Waals surface area (Å²) in [6.45, 7) is 4.76. The zero-order chi connectivity index (χ0) is 12.7. The second-order valence-electron chi connectivity index (χ2n) is 2.80. The lowest BCUT2D eigenvalue weighted by Gasteiger charge is -2.06. The molecule has 0 unspecified atom stereocenters. The van der Waals surface area contributed by atoms with Gasteiger partial charge in [-0.15, -0.1) is 0 Å². The minimum absolute atomic E-state index is 0.149. The molecular formula is C11H24FNO2. The zero-order valence-corrected chi connectivity index (χ0v) is 10.7. The first-order valence-corrected chi connectivity index (χ1v) is 4.75. The zero-order valence-electron chi connectivity index (χ0n) is 10.7. The highest BCUT2D eigenvalue weighted by Gasteiger charge is 1.98. The molecule has 0 rings (SSSR count). The molecule has 0 radical (unpaired) electrons. The smallest absolute Gasteiger partial charge is 0.306 e. The molecule has 0 aliphatic rings. The van der Waals surface area contributed by atoms with Crippen LogP contribution in [0.3, 0.4) is 0 Å². The van der Waals surface area contributed by atoms with E-state index in [1.165, 1.54) is 7.11 Å². The molecule has 15 heavy (non-hydrogen) atoms. The largest absolute Gasteiger partial charge is 0.469 e. The van der Waals surface area contributed by atoms with Gasteiger partial charge in [-0.25, -0.2) is 0 Å². The van der Waals surface area contributed by atoms with E-state index in [4.69, 9.17) is 0 Å². The van der Waals surface area contributed by atoms with Crippen molar-refractivity contribution in [2.24, 2.45) is 0 Å². The van der Waals surface area contributed by atoms with Gasteiger partial charge in [-0.05, 0) is 27.9 Å². The number of halogens is 1. The first kappa shape index (κ1) is 19.6. The van der Waals surface area contributed by atoms with Crippen LogP contribution in [0.5, 0.6) is 0 Å². The number of hydrogen-bond donors (Lipinski definition) is 0. The fraction of sp³-hybridized carbons (Fsp3) is 0.727. The van der Waals surface area contributed by atoms with E-state index in [-0.39, 0.29) is 5.97 Å². The van der Waals surface area contributed by atoms with Crippen molar-refractivity contribution in [1.29, 1.82) is 0 Å². The predicted molar refractivity (Wildman–Crippen MR) is 62.7 cm³/mol. The van der Waals surface area contributed by atoms with Gasteiger partial charge in [0.2, 0.25) is 0 Å². The molecule has 3 nitrogen and oxygen atoms in total. The number of alkyl halides is 1. The van der Waals surface area contributed by atoms with Gasteiger partial charge in [0.25, 0.3) is 0 Å². The molecule has 0 aromatic carbocycles. The van der Waals surface area contributed by atoms with E-state index in [0.29, 0.717) is 13.6 Å². The summed E-state index contributed by atoms with van der Waals surface area (Å²) in [5, 5.41) is 0. The first-order chi connectivity index (χ1) is 7.08. The van der Waals surface area contributed by atoms with Gasteiger partial charge in [-0.2, -0.15) is 0 Å². The molecule has 0 saturated heterocycles. The Morgan fingerprint density at radius 3 is 1.87 bits per heavy atom. The molecule has 0 aromatic rings. The summed E-state index contributed by atoms with van der Waals surface area (Å²) in [5.41, 5.74) is 0. The summed E-state index contributed by atoms with van der Waals surface area (Å²) in [6, 6.07) is 0. The van der Waals surface area contributed by atoms with Crippen molar-refractivity contribution >= 4 is 5.97 Å². The number of carbonyl (C=O) groups is 1. The summed E-state index contributed by atoms with van der Waals surface area (Å²) < 4.78 is 13.9. The molecule has 0 aliphatic carbocycles. The molecule has 0 amide bonds. The number of rotatable bonds is 3. The highest BCUT2D eigenvalue weighted by molar-refractivity contribution is 5.69. The van der Waals surface area contributed by atoms with Crippen molar-refractivity contribution < 1.29 is 13.9 Å². The number of esters is 1. The monoisotopic (exact) mass is 221 g/mol. The van der Waals surface area contributed by atoms with Crippen LogP contribution in [0, 0.1) is 0 Å². The number of allylic oxidation sites excluding steroid dienone is 2. The summed E-state index contributed by atoms with van der Waals surface area (Å²) in [4.78, 5) is 12.4. The highest BCUT2D eigenvalue weighted by Crippen LogP contribution is 1.84. The van der Waals surface area contributed by atoms with Crippen molar-refractivity contribution in [2.45, 2.75) is 20.3 Å². The van der Waals surface area contributed by atoms with Crippen LogP contribution >= 0.6 is 0 Å². The fourth-order valence-corrected chi connectivity index (χ4v) is 0.417. The minimum atomic E-state index is -0.149. The quantitative estimate of drug-likeness (QED) is 0.541. The summed E-state index contributed by atoms with van der Waals surface area (Å²) in [7, 11) is 5.74. The van der Waals surface area contributed by atoms with Gasteiger partial charge in [0.05, 0.1) is 20.7 Å². The maximum absolute atomic E-state index is 10.5. The van der Waals surface area contributed by atoms with Crippen molar-refractivity contribution in [3.8, 4) is 0 Å². The Morgan fingerprint density at radius 2 is 1.67 bits per heavy atom. The van der Waals surface area contributed by atoms with Crippen LogP contribution in [0.2, 0.25) is 0 Å². The van der Waals surface area contributed by atoms with Gasteiger partial charge in [-0.1, -0.05) is 12.2 Å². The Bertz CT molecular complexity index is 144. The van der Waals surface area contributed by atoms with Crippen LogP contribution in [-0.4, -0.2) is 45.8 Å². The van der Waals surface area contributed by atoms with Crippen LogP contribution in [0.1, 0.15) is 20.3 Å².